The predicted octanol–water partition coefficient (Wildman–Crippen LogP) is 2.48. The van der Waals surface area contributed by atoms with Crippen LogP contribution in [-0.2, 0) is 0 Å². The van der Waals surface area contributed by atoms with E-state index in [4.69, 9.17) is 5.84 Å². The van der Waals surface area contributed by atoms with Crippen molar-refractivity contribution >= 4 is 11.6 Å². The number of hydrogen-bond donors (Lipinski definition) is 2. The van der Waals surface area contributed by atoms with E-state index in [-0.39, 0.29) is 11.3 Å². The van der Waals surface area contributed by atoms with E-state index in [0.717, 1.165) is 19.5 Å². The van der Waals surface area contributed by atoms with Crippen LogP contribution in [0.25, 0.3) is 0 Å². The van der Waals surface area contributed by atoms with Crippen LogP contribution in [0.5, 0.6) is 0 Å². The van der Waals surface area contributed by atoms with Crippen LogP contribution in [-0.4, -0.2) is 23.9 Å². The van der Waals surface area contributed by atoms with Gasteiger partial charge in [0, 0.05) is 13.1 Å². The van der Waals surface area contributed by atoms with Gasteiger partial charge in [-0.25, -0.2) is 0 Å². The molecule has 1 fully saturated rings. The lowest BCUT2D eigenvalue weighted by molar-refractivity contribution is 0.0777. The van der Waals surface area contributed by atoms with Gasteiger partial charge in [0.2, 0.25) is 0 Å². The highest BCUT2D eigenvalue weighted by atomic mass is 16.2. The minimum absolute atomic E-state index is 0.0697. The molecule has 19 heavy (non-hydrogen) atoms. The van der Waals surface area contributed by atoms with Gasteiger partial charge in [-0.15, -0.1) is 0 Å². The van der Waals surface area contributed by atoms with Crippen LogP contribution in [0.4, 0.5) is 5.69 Å². The lowest BCUT2D eigenvalue weighted by Crippen LogP contribution is -2.31. The molecule has 1 aromatic rings. The smallest absolute Gasteiger partial charge is 0.256 e. The Labute approximate surface area is 114 Å². The molecule has 2 rings (SSSR count). The van der Waals surface area contributed by atoms with Gasteiger partial charge in [0.15, 0.2) is 0 Å². The molecule has 1 aliphatic heterocycles. The van der Waals surface area contributed by atoms with Crippen LogP contribution in [0.1, 0.15) is 37.6 Å². The summed E-state index contributed by atoms with van der Waals surface area (Å²) in [5, 5.41) is 0. The molecule has 0 saturated carbocycles. The first-order chi connectivity index (χ1) is 8.93. The van der Waals surface area contributed by atoms with E-state index < -0.39 is 0 Å². The van der Waals surface area contributed by atoms with Crippen molar-refractivity contribution in [2.45, 2.75) is 27.2 Å². The minimum atomic E-state index is 0.0697. The Hall–Kier alpha value is -1.55. The average Bonchev–Trinajstić information content (AvgIpc) is 2.87. The molecule has 1 amide bonds. The topological polar surface area (TPSA) is 58.4 Å². The summed E-state index contributed by atoms with van der Waals surface area (Å²) >= 11 is 0. The molecule has 0 radical (unpaired) electrons. The minimum Gasteiger partial charge on any atom is -0.338 e. The molecule has 1 heterocycles. The Morgan fingerprint density at radius 2 is 2.05 bits per heavy atom. The molecule has 1 unspecified atom stereocenters. The molecule has 3 N–H and O–H groups in total. The second-order valence-electron chi connectivity index (χ2n) is 6.29. The van der Waals surface area contributed by atoms with E-state index in [1.165, 1.54) is 0 Å². The van der Waals surface area contributed by atoms with Crippen LogP contribution < -0.4 is 11.3 Å². The summed E-state index contributed by atoms with van der Waals surface area (Å²) in [6.07, 6.45) is 1.08. The number of hydrazine groups is 1. The molecule has 104 valence electrons. The van der Waals surface area contributed by atoms with Crippen molar-refractivity contribution in [1.82, 2.24) is 4.90 Å². The molecular formula is C15H23N3O. The monoisotopic (exact) mass is 261 g/mol. The zero-order chi connectivity index (χ0) is 14.0. The Morgan fingerprint density at radius 3 is 2.63 bits per heavy atom. The van der Waals surface area contributed by atoms with Crippen molar-refractivity contribution in [2.24, 2.45) is 17.2 Å². The molecule has 4 heteroatoms. The highest BCUT2D eigenvalue weighted by Crippen LogP contribution is 2.34. The van der Waals surface area contributed by atoms with E-state index in [1.807, 2.05) is 29.2 Å². The summed E-state index contributed by atoms with van der Waals surface area (Å²) in [5.74, 6) is 6.10. The van der Waals surface area contributed by atoms with Crippen molar-refractivity contribution in [3.05, 3.63) is 29.8 Å². The van der Waals surface area contributed by atoms with Crippen LogP contribution in [0.2, 0.25) is 0 Å². The Kier molecular flexibility index (Phi) is 3.80. The third-order valence-corrected chi connectivity index (χ3v) is 4.01. The summed E-state index contributed by atoms with van der Waals surface area (Å²) in [6, 6.07) is 7.38. The first-order valence-corrected chi connectivity index (χ1v) is 6.78. The highest BCUT2D eigenvalue weighted by Gasteiger charge is 2.34. The molecule has 0 aromatic heterocycles. The number of benzene rings is 1. The van der Waals surface area contributed by atoms with Gasteiger partial charge in [-0.3, -0.25) is 10.6 Å². The molecular weight excluding hydrogens is 238 g/mol. The summed E-state index contributed by atoms with van der Waals surface area (Å²) in [4.78, 5) is 14.5. The maximum absolute atomic E-state index is 12.5. The second-order valence-corrected chi connectivity index (χ2v) is 6.29. The Morgan fingerprint density at radius 1 is 1.37 bits per heavy atom. The number of carbonyl (C=O) groups excluding carboxylic acids is 1. The van der Waals surface area contributed by atoms with Gasteiger partial charge < -0.3 is 10.3 Å². The first kappa shape index (κ1) is 13.9. The fraction of sp³-hybridized carbons (Fsp3) is 0.533. The number of rotatable bonds is 2. The van der Waals surface area contributed by atoms with Crippen LogP contribution in [0.15, 0.2) is 24.3 Å². The maximum Gasteiger partial charge on any atom is 0.256 e. The van der Waals surface area contributed by atoms with E-state index in [0.29, 0.717) is 17.2 Å². The Bertz CT molecular complexity index is 465. The van der Waals surface area contributed by atoms with Gasteiger partial charge in [0.1, 0.15) is 0 Å². The van der Waals surface area contributed by atoms with E-state index in [1.54, 1.807) is 0 Å². The number of nitrogens with two attached hydrogens (primary N) is 1. The van der Waals surface area contributed by atoms with Gasteiger partial charge in [-0.1, -0.05) is 32.9 Å². The van der Waals surface area contributed by atoms with Crippen molar-refractivity contribution < 1.29 is 4.79 Å². The number of anilines is 1. The van der Waals surface area contributed by atoms with Gasteiger partial charge in [-0.05, 0) is 29.9 Å². The molecule has 0 aliphatic carbocycles. The zero-order valence-electron chi connectivity index (χ0n) is 11.9. The van der Waals surface area contributed by atoms with E-state index >= 15 is 0 Å². The number of nitrogens with one attached hydrogen (secondary N) is 1. The predicted molar refractivity (Wildman–Crippen MR) is 77.7 cm³/mol. The number of carbonyl (C=O) groups is 1. The normalized spacial score (nSPS) is 19.6. The molecule has 0 bridgehead atoms. The number of nitrogen functional groups attached to an aromatic ring is 1. The molecule has 1 aromatic carbocycles. The summed E-state index contributed by atoms with van der Waals surface area (Å²) < 4.78 is 0. The van der Waals surface area contributed by atoms with Crippen molar-refractivity contribution in [2.75, 3.05) is 18.5 Å². The summed E-state index contributed by atoms with van der Waals surface area (Å²) in [6.45, 7) is 8.38. The molecule has 1 atom stereocenters. The molecule has 4 nitrogen and oxygen atoms in total. The first-order valence-electron chi connectivity index (χ1n) is 6.78. The van der Waals surface area contributed by atoms with Gasteiger partial charge in [0.05, 0.1) is 11.3 Å². The van der Waals surface area contributed by atoms with Crippen LogP contribution in [0, 0.1) is 11.3 Å². The molecule has 0 spiro atoms. The fourth-order valence-corrected chi connectivity index (χ4v) is 2.62. The standard InChI is InChI=1S/C15H23N3O/c1-15(2,3)11-8-9-18(10-11)14(19)12-6-4-5-7-13(12)17-16/h4-7,11,17H,8-10,16H2,1-3H3. The summed E-state index contributed by atoms with van der Waals surface area (Å²) in [7, 11) is 0. The highest BCUT2D eigenvalue weighted by molar-refractivity contribution is 5.99. The van der Waals surface area contributed by atoms with E-state index in [2.05, 4.69) is 26.2 Å². The molecule has 1 saturated heterocycles. The quantitative estimate of drug-likeness (QED) is 0.635. The fourth-order valence-electron chi connectivity index (χ4n) is 2.62. The number of hydrogen-bond acceptors (Lipinski definition) is 3. The lowest BCUT2D eigenvalue weighted by atomic mass is 9.80. The second kappa shape index (κ2) is 5.21. The number of para-hydroxylation sites is 1. The van der Waals surface area contributed by atoms with Gasteiger partial charge in [0.25, 0.3) is 5.91 Å². The third-order valence-electron chi connectivity index (χ3n) is 4.01. The van der Waals surface area contributed by atoms with Gasteiger partial charge >= 0.3 is 0 Å². The number of nitrogens with zero attached hydrogens (tertiary/aromatic N) is 1. The van der Waals surface area contributed by atoms with Crippen LogP contribution >= 0.6 is 0 Å². The Balaban J connectivity index is 2.14. The van der Waals surface area contributed by atoms with Crippen LogP contribution in [0.3, 0.4) is 0 Å². The zero-order valence-corrected chi connectivity index (χ0v) is 11.9. The number of likely N-dealkylation sites (tertiary alicyclic amines) is 1. The van der Waals surface area contributed by atoms with Crippen molar-refractivity contribution in [3.63, 3.8) is 0 Å². The lowest BCUT2D eigenvalue weighted by Gasteiger charge is -2.27. The molecule has 1 aliphatic rings. The van der Waals surface area contributed by atoms with Crippen molar-refractivity contribution in [1.29, 1.82) is 0 Å². The largest absolute Gasteiger partial charge is 0.338 e. The van der Waals surface area contributed by atoms with E-state index in [9.17, 15) is 4.79 Å². The van der Waals surface area contributed by atoms with Crippen molar-refractivity contribution in [3.8, 4) is 0 Å². The van der Waals surface area contributed by atoms with Gasteiger partial charge in [-0.2, -0.15) is 0 Å². The third kappa shape index (κ3) is 2.89. The SMILES string of the molecule is CC(C)(C)C1CCN(C(=O)c2ccccc2NN)C1. The average molecular weight is 261 g/mol. The maximum atomic E-state index is 12.5. The number of amides is 1. The summed E-state index contributed by atoms with van der Waals surface area (Å²) in [5.41, 5.74) is 4.18.